The van der Waals surface area contributed by atoms with Crippen molar-refractivity contribution in [2.24, 2.45) is 11.3 Å². The van der Waals surface area contributed by atoms with Crippen molar-refractivity contribution in [1.82, 2.24) is 4.72 Å². The highest BCUT2D eigenvalue weighted by atomic mass is 79.9. The first kappa shape index (κ1) is 17.4. The third-order valence-electron chi connectivity index (χ3n) is 3.98. The van der Waals surface area contributed by atoms with Gasteiger partial charge in [0.25, 0.3) is 0 Å². The van der Waals surface area contributed by atoms with Gasteiger partial charge in [0.2, 0.25) is 10.0 Å². The van der Waals surface area contributed by atoms with E-state index in [4.69, 9.17) is 0 Å². The van der Waals surface area contributed by atoms with Crippen molar-refractivity contribution in [3.05, 3.63) is 0 Å². The van der Waals surface area contributed by atoms with E-state index in [2.05, 4.69) is 48.3 Å². The summed E-state index contributed by atoms with van der Waals surface area (Å²) in [6.07, 6.45) is 4.78. The van der Waals surface area contributed by atoms with Gasteiger partial charge < -0.3 is 0 Å². The molecular weight excluding hydrogens is 326 g/mol. The van der Waals surface area contributed by atoms with E-state index in [-0.39, 0.29) is 16.7 Å². The van der Waals surface area contributed by atoms with Crippen molar-refractivity contribution < 1.29 is 8.42 Å². The van der Waals surface area contributed by atoms with Crippen LogP contribution in [0.15, 0.2) is 0 Å². The Bertz CT molecular complexity index is 379. The first-order valence-electron chi connectivity index (χ1n) is 7.15. The number of hydrogen-bond donors (Lipinski definition) is 1. The maximum atomic E-state index is 12.3. The molecule has 0 spiro atoms. The molecule has 0 heterocycles. The summed E-state index contributed by atoms with van der Waals surface area (Å²) in [6, 6.07) is 0. The summed E-state index contributed by atoms with van der Waals surface area (Å²) in [6.45, 7) is 8.47. The van der Waals surface area contributed by atoms with Gasteiger partial charge in [-0.25, -0.2) is 13.1 Å². The summed E-state index contributed by atoms with van der Waals surface area (Å²) in [5, 5.41) is 0.710. The second-order valence-corrected chi connectivity index (χ2v) is 9.73. The van der Waals surface area contributed by atoms with Crippen LogP contribution in [-0.4, -0.2) is 25.0 Å². The Kier molecular flexibility index (Phi) is 5.91. The number of sulfonamides is 1. The average Bonchev–Trinajstić information content (AvgIpc) is 2.29. The molecule has 0 atom stereocenters. The maximum absolute atomic E-state index is 12.3. The summed E-state index contributed by atoms with van der Waals surface area (Å²) in [7, 11) is -3.18. The molecule has 5 heteroatoms. The van der Waals surface area contributed by atoms with E-state index in [9.17, 15) is 8.42 Å². The topological polar surface area (TPSA) is 46.2 Å². The molecule has 0 bridgehead atoms. The van der Waals surface area contributed by atoms with Crippen LogP contribution in [0.3, 0.4) is 0 Å². The molecule has 0 unspecified atom stereocenters. The molecule has 0 aromatic heterocycles. The summed E-state index contributed by atoms with van der Waals surface area (Å²) in [5.74, 6) is 0.937. The van der Waals surface area contributed by atoms with Crippen LogP contribution in [0.5, 0.6) is 0 Å². The van der Waals surface area contributed by atoms with Crippen LogP contribution >= 0.6 is 15.9 Å². The van der Waals surface area contributed by atoms with E-state index >= 15 is 0 Å². The minimum atomic E-state index is -3.18. The van der Waals surface area contributed by atoms with Crippen molar-refractivity contribution in [1.29, 1.82) is 0 Å². The van der Waals surface area contributed by atoms with E-state index in [0.29, 0.717) is 17.7 Å². The van der Waals surface area contributed by atoms with E-state index in [1.165, 1.54) is 0 Å². The second-order valence-electron chi connectivity index (χ2n) is 7.33. The molecule has 0 aromatic carbocycles. The second kappa shape index (κ2) is 6.44. The van der Waals surface area contributed by atoms with Gasteiger partial charge in [-0.3, -0.25) is 0 Å². The Balaban J connectivity index is 2.64. The Morgan fingerprint density at radius 3 is 2.21 bits per heavy atom. The molecule has 1 N–H and O–H groups in total. The summed E-state index contributed by atoms with van der Waals surface area (Å²) in [4.78, 5) is 0. The zero-order chi connectivity index (χ0) is 14.7. The molecule has 0 saturated heterocycles. The minimum absolute atomic E-state index is 0.0530. The van der Waals surface area contributed by atoms with Gasteiger partial charge in [-0.1, -0.05) is 43.6 Å². The molecule has 3 nitrogen and oxygen atoms in total. The Labute approximate surface area is 127 Å². The Hall–Kier alpha value is 0.390. The van der Waals surface area contributed by atoms with Crippen molar-refractivity contribution in [3.63, 3.8) is 0 Å². The lowest BCUT2D eigenvalue weighted by Gasteiger charge is -2.38. The monoisotopic (exact) mass is 353 g/mol. The van der Waals surface area contributed by atoms with Crippen LogP contribution in [0.25, 0.3) is 0 Å². The van der Waals surface area contributed by atoms with Gasteiger partial charge in [0.1, 0.15) is 0 Å². The summed E-state index contributed by atoms with van der Waals surface area (Å²) in [5.41, 5.74) is -0.208. The SMILES string of the molecule is CC1CCC(CBr)(NS(=O)(=O)CCC(C)(C)C)CC1. The highest BCUT2D eigenvalue weighted by Crippen LogP contribution is 2.34. The molecule has 0 amide bonds. The van der Waals surface area contributed by atoms with Gasteiger partial charge in [0.15, 0.2) is 0 Å². The highest BCUT2D eigenvalue weighted by molar-refractivity contribution is 9.09. The van der Waals surface area contributed by atoms with Crippen LogP contribution in [0, 0.1) is 11.3 Å². The maximum Gasteiger partial charge on any atom is 0.212 e. The zero-order valence-corrected chi connectivity index (χ0v) is 15.0. The molecule has 19 heavy (non-hydrogen) atoms. The van der Waals surface area contributed by atoms with Gasteiger partial charge in [0.05, 0.1) is 5.75 Å². The highest BCUT2D eigenvalue weighted by Gasteiger charge is 2.36. The van der Waals surface area contributed by atoms with Crippen LogP contribution in [0.2, 0.25) is 0 Å². The number of hydrogen-bond acceptors (Lipinski definition) is 2. The van der Waals surface area contributed by atoms with Crippen LogP contribution in [-0.2, 0) is 10.0 Å². The van der Waals surface area contributed by atoms with E-state index in [0.717, 1.165) is 25.7 Å². The molecule has 1 fully saturated rings. The van der Waals surface area contributed by atoms with Crippen molar-refractivity contribution >= 4 is 26.0 Å². The van der Waals surface area contributed by atoms with Crippen molar-refractivity contribution in [2.75, 3.05) is 11.1 Å². The quantitative estimate of drug-likeness (QED) is 0.766. The lowest BCUT2D eigenvalue weighted by atomic mass is 9.79. The number of halogens is 1. The molecule has 0 aliphatic heterocycles. The molecule has 0 radical (unpaired) electrons. The average molecular weight is 354 g/mol. The van der Waals surface area contributed by atoms with Gasteiger partial charge in [0, 0.05) is 10.9 Å². The summed E-state index contributed by atoms with van der Waals surface area (Å²) < 4.78 is 27.5. The van der Waals surface area contributed by atoms with Crippen LogP contribution in [0.4, 0.5) is 0 Å². The molecule has 1 aliphatic rings. The first-order chi connectivity index (χ1) is 8.58. The van der Waals surface area contributed by atoms with E-state index in [1.54, 1.807) is 0 Å². The largest absolute Gasteiger partial charge is 0.212 e. The number of nitrogens with one attached hydrogen (secondary N) is 1. The van der Waals surface area contributed by atoms with Crippen molar-refractivity contribution in [3.8, 4) is 0 Å². The molecular formula is C14H28BrNO2S. The van der Waals surface area contributed by atoms with Gasteiger partial charge in [-0.15, -0.1) is 0 Å². The molecule has 1 saturated carbocycles. The lowest BCUT2D eigenvalue weighted by Crippen LogP contribution is -2.52. The standard InChI is InChI=1S/C14H28BrNO2S/c1-12-5-7-14(11-15,8-6-12)16-19(17,18)10-9-13(2,3)4/h12,16H,5-11H2,1-4H3. The Morgan fingerprint density at radius 1 is 1.26 bits per heavy atom. The van der Waals surface area contributed by atoms with Crippen LogP contribution < -0.4 is 4.72 Å². The predicted octanol–water partition coefficient (Wildman–Crippen LogP) is 3.69. The number of alkyl halides is 1. The Morgan fingerprint density at radius 2 is 1.79 bits per heavy atom. The first-order valence-corrected chi connectivity index (χ1v) is 9.93. The van der Waals surface area contributed by atoms with Gasteiger partial charge in [-0.05, 0) is 43.4 Å². The molecule has 0 aromatic rings. The minimum Gasteiger partial charge on any atom is -0.212 e. The van der Waals surface area contributed by atoms with Crippen molar-refractivity contribution in [2.45, 2.75) is 65.3 Å². The summed E-state index contributed by atoms with van der Waals surface area (Å²) >= 11 is 3.50. The normalized spacial score (nSPS) is 29.4. The van der Waals surface area contributed by atoms with Gasteiger partial charge in [-0.2, -0.15) is 0 Å². The fourth-order valence-electron chi connectivity index (χ4n) is 2.40. The van der Waals surface area contributed by atoms with E-state index < -0.39 is 10.0 Å². The lowest BCUT2D eigenvalue weighted by molar-refractivity contribution is 0.249. The molecule has 114 valence electrons. The smallest absolute Gasteiger partial charge is 0.212 e. The third kappa shape index (κ3) is 6.13. The molecule has 1 aliphatic carbocycles. The zero-order valence-electron chi connectivity index (χ0n) is 12.6. The fraction of sp³-hybridized carbons (Fsp3) is 1.00. The third-order valence-corrected chi connectivity index (χ3v) is 6.54. The van der Waals surface area contributed by atoms with Gasteiger partial charge >= 0.3 is 0 Å². The number of rotatable bonds is 5. The predicted molar refractivity (Wildman–Crippen MR) is 85.2 cm³/mol. The molecule has 1 rings (SSSR count). The van der Waals surface area contributed by atoms with Crippen LogP contribution in [0.1, 0.15) is 59.8 Å². The van der Waals surface area contributed by atoms with E-state index in [1.807, 2.05) is 0 Å². The fourth-order valence-corrected chi connectivity index (χ4v) is 5.20.